The Morgan fingerprint density at radius 1 is 1.10 bits per heavy atom. The van der Waals surface area contributed by atoms with Crippen LogP contribution < -0.4 is 10.5 Å². The maximum Gasteiger partial charge on any atom is 0.262 e. The van der Waals surface area contributed by atoms with E-state index in [9.17, 15) is 12.8 Å². The van der Waals surface area contributed by atoms with Gasteiger partial charge < -0.3 is 5.73 Å². The van der Waals surface area contributed by atoms with Gasteiger partial charge in [-0.3, -0.25) is 4.72 Å². The summed E-state index contributed by atoms with van der Waals surface area (Å²) in [5, 5.41) is 0. The minimum atomic E-state index is -3.83. The molecular weight excluding hydrogens is 279 g/mol. The average Bonchev–Trinajstić information content (AvgIpc) is 2.35. The van der Waals surface area contributed by atoms with Crippen molar-refractivity contribution in [3.8, 4) is 0 Å². The third-order valence-electron chi connectivity index (χ3n) is 2.87. The monoisotopic (exact) mass is 294 g/mol. The molecule has 0 heterocycles. The largest absolute Gasteiger partial charge is 0.399 e. The van der Waals surface area contributed by atoms with Crippen LogP contribution in [0.3, 0.4) is 0 Å². The van der Waals surface area contributed by atoms with E-state index >= 15 is 0 Å². The van der Waals surface area contributed by atoms with Crippen molar-refractivity contribution in [3.63, 3.8) is 0 Å². The molecule has 106 valence electrons. The first kappa shape index (κ1) is 14.3. The fourth-order valence-corrected chi connectivity index (χ4v) is 3.21. The van der Waals surface area contributed by atoms with Gasteiger partial charge in [-0.1, -0.05) is 12.1 Å². The second-order valence-corrected chi connectivity index (χ2v) is 6.26. The van der Waals surface area contributed by atoms with E-state index in [0.29, 0.717) is 5.56 Å². The number of hydrogen-bond acceptors (Lipinski definition) is 3. The lowest BCUT2D eigenvalue weighted by atomic mass is 10.2. The number of benzene rings is 2. The minimum Gasteiger partial charge on any atom is -0.399 e. The maximum atomic E-state index is 13.7. The molecule has 0 amide bonds. The second-order valence-electron chi connectivity index (χ2n) is 4.61. The lowest BCUT2D eigenvalue weighted by Gasteiger charge is -2.12. The molecule has 0 radical (unpaired) electrons. The van der Waals surface area contributed by atoms with E-state index < -0.39 is 15.8 Å². The molecule has 0 aliphatic rings. The molecule has 0 aromatic heterocycles. The van der Waals surface area contributed by atoms with Crippen LogP contribution in [0.1, 0.15) is 11.1 Å². The Morgan fingerprint density at radius 2 is 1.80 bits per heavy atom. The molecule has 20 heavy (non-hydrogen) atoms. The Hall–Kier alpha value is -2.08. The SMILES string of the molecule is Cc1ccc(C)c(S(=O)(=O)Nc2ccc(N)cc2F)c1. The van der Waals surface area contributed by atoms with Gasteiger partial charge in [0, 0.05) is 5.69 Å². The second kappa shape index (κ2) is 5.13. The fourth-order valence-electron chi connectivity index (χ4n) is 1.81. The van der Waals surface area contributed by atoms with Crippen molar-refractivity contribution >= 4 is 21.4 Å². The van der Waals surface area contributed by atoms with Crippen molar-refractivity contribution < 1.29 is 12.8 Å². The molecule has 6 heteroatoms. The smallest absolute Gasteiger partial charge is 0.262 e. The van der Waals surface area contributed by atoms with Gasteiger partial charge in [0.1, 0.15) is 5.82 Å². The highest BCUT2D eigenvalue weighted by Crippen LogP contribution is 2.23. The van der Waals surface area contributed by atoms with Crippen molar-refractivity contribution in [2.24, 2.45) is 0 Å². The summed E-state index contributed by atoms with van der Waals surface area (Å²) < 4.78 is 40.5. The highest BCUT2D eigenvalue weighted by atomic mass is 32.2. The van der Waals surface area contributed by atoms with Gasteiger partial charge in [0.2, 0.25) is 0 Å². The first-order chi connectivity index (χ1) is 9.29. The number of halogens is 1. The standard InChI is InChI=1S/C14H15FN2O2S/c1-9-3-4-10(2)14(7-9)20(18,19)17-13-6-5-11(16)8-12(13)15/h3-8,17H,16H2,1-2H3. The Labute approximate surface area is 117 Å². The molecule has 2 aromatic carbocycles. The summed E-state index contributed by atoms with van der Waals surface area (Å²) in [6.07, 6.45) is 0. The molecule has 0 saturated heterocycles. The number of hydrogen-bond donors (Lipinski definition) is 2. The zero-order chi connectivity index (χ0) is 14.9. The summed E-state index contributed by atoms with van der Waals surface area (Å²) >= 11 is 0. The average molecular weight is 294 g/mol. The van der Waals surface area contributed by atoms with E-state index in [2.05, 4.69) is 4.72 Å². The lowest BCUT2D eigenvalue weighted by Crippen LogP contribution is -2.15. The van der Waals surface area contributed by atoms with E-state index in [-0.39, 0.29) is 16.3 Å². The van der Waals surface area contributed by atoms with E-state index in [0.717, 1.165) is 11.6 Å². The molecule has 0 atom stereocenters. The van der Waals surface area contributed by atoms with Crippen molar-refractivity contribution in [2.75, 3.05) is 10.5 Å². The number of nitrogens with one attached hydrogen (secondary N) is 1. The molecule has 4 nitrogen and oxygen atoms in total. The third-order valence-corrected chi connectivity index (χ3v) is 4.38. The fraction of sp³-hybridized carbons (Fsp3) is 0.143. The predicted octanol–water partition coefficient (Wildman–Crippen LogP) is 2.83. The van der Waals surface area contributed by atoms with Gasteiger partial charge >= 0.3 is 0 Å². The van der Waals surface area contributed by atoms with Gasteiger partial charge in [-0.25, -0.2) is 12.8 Å². The number of sulfonamides is 1. The van der Waals surface area contributed by atoms with Crippen LogP contribution in [-0.2, 0) is 10.0 Å². The molecule has 0 spiro atoms. The van der Waals surface area contributed by atoms with Gasteiger partial charge in [-0.15, -0.1) is 0 Å². The van der Waals surface area contributed by atoms with Crippen LogP contribution in [0.5, 0.6) is 0 Å². The number of nitrogens with two attached hydrogens (primary N) is 1. The predicted molar refractivity (Wildman–Crippen MR) is 77.5 cm³/mol. The normalized spacial score (nSPS) is 11.3. The zero-order valence-corrected chi connectivity index (χ0v) is 12.0. The molecule has 0 unspecified atom stereocenters. The van der Waals surface area contributed by atoms with Gasteiger partial charge in [0.05, 0.1) is 10.6 Å². The highest BCUT2D eigenvalue weighted by Gasteiger charge is 2.18. The first-order valence-corrected chi connectivity index (χ1v) is 7.43. The molecule has 2 rings (SSSR count). The maximum absolute atomic E-state index is 13.7. The lowest BCUT2D eigenvalue weighted by molar-refractivity contribution is 0.598. The van der Waals surface area contributed by atoms with E-state index in [1.165, 1.54) is 12.1 Å². The number of rotatable bonds is 3. The summed E-state index contributed by atoms with van der Waals surface area (Å²) in [5.74, 6) is -0.709. The zero-order valence-electron chi connectivity index (χ0n) is 11.1. The first-order valence-electron chi connectivity index (χ1n) is 5.95. The van der Waals surface area contributed by atoms with E-state index in [1.807, 2.05) is 6.07 Å². The van der Waals surface area contributed by atoms with Crippen LogP contribution in [0.4, 0.5) is 15.8 Å². The van der Waals surface area contributed by atoms with Crippen LogP contribution in [0, 0.1) is 19.7 Å². The topological polar surface area (TPSA) is 72.2 Å². The summed E-state index contributed by atoms with van der Waals surface area (Å²) in [5.41, 5.74) is 6.95. The quantitative estimate of drug-likeness (QED) is 0.855. The van der Waals surface area contributed by atoms with Gasteiger partial charge in [0.15, 0.2) is 0 Å². The number of nitrogen functional groups attached to an aromatic ring is 1. The summed E-state index contributed by atoms with van der Waals surface area (Å²) in [4.78, 5) is 0.133. The number of anilines is 2. The molecular formula is C14H15FN2O2S. The molecule has 0 bridgehead atoms. The Kier molecular flexibility index (Phi) is 3.67. The minimum absolute atomic E-state index is 0.125. The van der Waals surface area contributed by atoms with Crippen LogP contribution >= 0.6 is 0 Å². The Balaban J connectivity index is 2.43. The molecule has 0 saturated carbocycles. The molecule has 0 aliphatic heterocycles. The molecule has 0 aliphatic carbocycles. The number of aryl methyl sites for hydroxylation is 2. The Bertz CT molecular complexity index is 758. The van der Waals surface area contributed by atoms with Gasteiger partial charge in [-0.05, 0) is 49.2 Å². The van der Waals surface area contributed by atoms with E-state index in [4.69, 9.17) is 5.73 Å². The van der Waals surface area contributed by atoms with Crippen molar-refractivity contribution in [1.82, 2.24) is 0 Å². The van der Waals surface area contributed by atoms with Crippen LogP contribution in [0.2, 0.25) is 0 Å². The van der Waals surface area contributed by atoms with E-state index in [1.54, 1.807) is 26.0 Å². The van der Waals surface area contributed by atoms with Crippen LogP contribution in [-0.4, -0.2) is 8.42 Å². The molecule has 0 fully saturated rings. The van der Waals surface area contributed by atoms with Crippen LogP contribution in [0.15, 0.2) is 41.3 Å². The Morgan fingerprint density at radius 3 is 2.45 bits per heavy atom. The summed E-state index contributed by atoms with van der Waals surface area (Å²) in [6, 6.07) is 8.88. The third kappa shape index (κ3) is 2.91. The van der Waals surface area contributed by atoms with Crippen LogP contribution in [0.25, 0.3) is 0 Å². The van der Waals surface area contributed by atoms with Crippen molar-refractivity contribution in [1.29, 1.82) is 0 Å². The van der Waals surface area contributed by atoms with Gasteiger partial charge in [-0.2, -0.15) is 0 Å². The highest BCUT2D eigenvalue weighted by molar-refractivity contribution is 7.92. The molecule has 2 aromatic rings. The van der Waals surface area contributed by atoms with Crippen molar-refractivity contribution in [2.45, 2.75) is 18.7 Å². The summed E-state index contributed by atoms with van der Waals surface area (Å²) in [6.45, 7) is 3.48. The van der Waals surface area contributed by atoms with Crippen molar-refractivity contribution in [3.05, 3.63) is 53.3 Å². The molecule has 3 N–H and O–H groups in total. The van der Waals surface area contributed by atoms with Gasteiger partial charge in [0.25, 0.3) is 10.0 Å². The summed E-state index contributed by atoms with van der Waals surface area (Å²) in [7, 11) is -3.83.